The molecule has 4 N–H and O–H groups in total. The van der Waals surface area contributed by atoms with Crippen molar-refractivity contribution in [2.24, 2.45) is 17.1 Å². The van der Waals surface area contributed by atoms with Gasteiger partial charge in [0.05, 0.1) is 6.10 Å². The molecule has 0 spiro atoms. The van der Waals surface area contributed by atoms with Crippen molar-refractivity contribution >= 4 is 11.9 Å². The summed E-state index contributed by atoms with van der Waals surface area (Å²) in [6.07, 6.45) is 0.715. The van der Waals surface area contributed by atoms with Crippen molar-refractivity contribution in [2.75, 3.05) is 6.61 Å². The molecular weight excluding hydrogens is 272 g/mol. The van der Waals surface area contributed by atoms with Crippen LogP contribution in [0.5, 0.6) is 0 Å². The number of carboxylic acid groups (broad SMARTS) is 1. The van der Waals surface area contributed by atoms with Gasteiger partial charge in [-0.2, -0.15) is 0 Å². The lowest BCUT2D eigenvalue weighted by atomic mass is 9.54. The maximum absolute atomic E-state index is 12.5. The number of amides is 1. The van der Waals surface area contributed by atoms with E-state index in [0.717, 1.165) is 0 Å². The van der Waals surface area contributed by atoms with Gasteiger partial charge in [0.25, 0.3) is 0 Å². The fourth-order valence-corrected chi connectivity index (χ4v) is 2.80. The number of carboxylic acids is 1. The van der Waals surface area contributed by atoms with Crippen LogP contribution >= 0.6 is 0 Å². The van der Waals surface area contributed by atoms with Crippen LogP contribution < -0.4 is 11.1 Å². The highest BCUT2D eigenvalue weighted by Gasteiger charge is 2.63. The predicted molar refractivity (Wildman–Crippen MR) is 79.8 cm³/mol. The Morgan fingerprint density at radius 3 is 2.38 bits per heavy atom. The van der Waals surface area contributed by atoms with Crippen LogP contribution in [-0.2, 0) is 14.3 Å². The summed E-state index contributed by atoms with van der Waals surface area (Å²) in [5.41, 5.74) is 4.63. The Morgan fingerprint density at radius 1 is 1.43 bits per heavy atom. The molecule has 2 unspecified atom stereocenters. The molecule has 3 atom stereocenters. The monoisotopic (exact) mass is 300 g/mol. The second kappa shape index (κ2) is 6.32. The van der Waals surface area contributed by atoms with Gasteiger partial charge in [-0.3, -0.25) is 4.79 Å². The molecule has 122 valence electrons. The summed E-state index contributed by atoms with van der Waals surface area (Å²) in [6, 6.07) is -0.903. The van der Waals surface area contributed by atoms with Crippen molar-refractivity contribution in [3.05, 3.63) is 0 Å². The predicted octanol–water partition coefficient (Wildman–Crippen LogP) is 1.13. The van der Waals surface area contributed by atoms with Crippen LogP contribution in [0.25, 0.3) is 0 Å². The van der Waals surface area contributed by atoms with Crippen molar-refractivity contribution < 1.29 is 19.4 Å². The SMILES string of the molecule is CCOC1CC(N)(C(=O)N[C@H](CC(C)C)C(=O)O)C1(C)C. The minimum Gasteiger partial charge on any atom is -0.480 e. The van der Waals surface area contributed by atoms with Gasteiger partial charge in [-0.1, -0.05) is 27.7 Å². The van der Waals surface area contributed by atoms with Crippen molar-refractivity contribution in [3.63, 3.8) is 0 Å². The van der Waals surface area contributed by atoms with Gasteiger partial charge in [-0.25, -0.2) is 4.79 Å². The average molecular weight is 300 g/mol. The van der Waals surface area contributed by atoms with E-state index in [1.165, 1.54) is 0 Å². The number of nitrogens with one attached hydrogen (secondary N) is 1. The normalized spacial score (nSPS) is 28.8. The highest BCUT2D eigenvalue weighted by molar-refractivity contribution is 5.92. The molecule has 1 rings (SSSR count). The summed E-state index contributed by atoms with van der Waals surface area (Å²) in [6.45, 7) is 10.1. The van der Waals surface area contributed by atoms with E-state index >= 15 is 0 Å². The van der Waals surface area contributed by atoms with E-state index in [1.807, 2.05) is 34.6 Å². The van der Waals surface area contributed by atoms with Crippen LogP contribution in [0.2, 0.25) is 0 Å². The van der Waals surface area contributed by atoms with E-state index in [4.69, 9.17) is 10.5 Å². The molecule has 0 saturated heterocycles. The van der Waals surface area contributed by atoms with Gasteiger partial charge in [-0.15, -0.1) is 0 Å². The zero-order valence-corrected chi connectivity index (χ0v) is 13.6. The third-order valence-corrected chi connectivity index (χ3v) is 4.55. The van der Waals surface area contributed by atoms with E-state index in [2.05, 4.69) is 5.32 Å². The van der Waals surface area contributed by atoms with Crippen LogP contribution in [-0.4, -0.2) is 41.3 Å². The standard InChI is InChI=1S/C15H28N2O4/c1-6-21-11-8-15(16,14(11,4)5)13(20)17-10(12(18)19)7-9(2)3/h9-11H,6-8,16H2,1-5H3,(H,17,20)(H,18,19)/t10-,11?,15?/m1/s1. The minimum absolute atomic E-state index is 0.0772. The minimum atomic E-state index is -1.09. The number of carbonyl (C=O) groups excluding carboxylic acids is 1. The lowest BCUT2D eigenvalue weighted by Crippen LogP contribution is -2.76. The van der Waals surface area contributed by atoms with E-state index in [1.54, 1.807) is 0 Å². The van der Waals surface area contributed by atoms with E-state index in [9.17, 15) is 14.7 Å². The zero-order chi connectivity index (χ0) is 16.4. The Balaban J connectivity index is 2.77. The molecule has 0 aromatic heterocycles. The quantitative estimate of drug-likeness (QED) is 0.654. The first-order valence-corrected chi connectivity index (χ1v) is 7.50. The third kappa shape index (κ3) is 3.37. The van der Waals surface area contributed by atoms with Crippen LogP contribution in [0.4, 0.5) is 0 Å². The molecule has 6 heteroatoms. The van der Waals surface area contributed by atoms with E-state index < -0.39 is 28.9 Å². The Kier molecular flexibility index (Phi) is 5.39. The Morgan fingerprint density at radius 2 is 2.00 bits per heavy atom. The zero-order valence-electron chi connectivity index (χ0n) is 13.6. The summed E-state index contributed by atoms with van der Waals surface area (Å²) < 4.78 is 5.58. The van der Waals surface area contributed by atoms with Crippen molar-refractivity contribution in [2.45, 2.75) is 65.1 Å². The average Bonchev–Trinajstić information content (AvgIpc) is 2.36. The molecule has 0 aliphatic heterocycles. The molecule has 6 nitrogen and oxygen atoms in total. The molecule has 0 radical (unpaired) electrons. The molecule has 1 fully saturated rings. The van der Waals surface area contributed by atoms with Gasteiger partial charge in [0.15, 0.2) is 0 Å². The molecule has 21 heavy (non-hydrogen) atoms. The van der Waals surface area contributed by atoms with Gasteiger partial charge in [0.1, 0.15) is 11.6 Å². The molecular formula is C15H28N2O4. The van der Waals surface area contributed by atoms with Crippen LogP contribution in [0.15, 0.2) is 0 Å². The summed E-state index contributed by atoms with van der Waals surface area (Å²) in [5, 5.41) is 11.8. The lowest BCUT2D eigenvalue weighted by molar-refractivity contribution is -0.172. The van der Waals surface area contributed by atoms with Crippen LogP contribution in [0.3, 0.4) is 0 Å². The van der Waals surface area contributed by atoms with Gasteiger partial charge < -0.3 is 20.9 Å². The van der Waals surface area contributed by atoms with Gasteiger partial charge >= 0.3 is 5.97 Å². The number of hydrogen-bond donors (Lipinski definition) is 3. The molecule has 1 saturated carbocycles. The Bertz CT molecular complexity index is 408. The number of nitrogens with two attached hydrogens (primary N) is 1. The molecule has 1 amide bonds. The number of carbonyl (C=O) groups is 2. The van der Waals surface area contributed by atoms with Crippen LogP contribution in [0.1, 0.15) is 47.5 Å². The smallest absolute Gasteiger partial charge is 0.326 e. The third-order valence-electron chi connectivity index (χ3n) is 4.55. The lowest BCUT2D eigenvalue weighted by Gasteiger charge is -2.57. The first kappa shape index (κ1) is 17.9. The Hall–Kier alpha value is -1.14. The number of aliphatic carboxylic acids is 1. The molecule has 1 aliphatic rings. The topological polar surface area (TPSA) is 102 Å². The van der Waals surface area contributed by atoms with Crippen molar-refractivity contribution in [3.8, 4) is 0 Å². The van der Waals surface area contributed by atoms with Gasteiger partial charge in [0.2, 0.25) is 5.91 Å². The molecule has 1 aliphatic carbocycles. The van der Waals surface area contributed by atoms with Crippen LogP contribution in [0, 0.1) is 11.3 Å². The maximum Gasteiger partial charge on any atom is 0.326 e. The molecule has 0 aromatic carbocycles. The fraction of sp³-hybridized carbons (Fsp3) is 0.867. The summed E-state index contributed by atoms with van der Waals surface area (Å²) in [4.78, 5) is 23.7. The van der Waals surface area contributed by atoms with E-state index in [0.29, 0.717) is 19.4 Å². The summed E-state index contributed by atoms with van der Waals surface area (Å²) >= 11 is 0. The largest absolute Gasteiger partial charge is 0.480 e. The van der Waals surface area contributed by atoms with E-state index in [-0.39, 0.29) is 12.0 Å². The second-order valence-corrected chi connectivity index (χ2v) is 6.83. The highest BCUT2D eigenvalue weighted by atomic mass is 16.5. The first-order valence-electron chi connectivity index (χ1n) is 7.50. The molecule has 0 aromatic rings. The van der Waals surface area contributed by atoms with Crippen molar-refractivity contribution in [1.82, 2.24) is 5.32 Å². The van der Waals surface area contributed by atoms with Gasteiger partial charge in [-0.05, 0) is 19.3 Å². The summed E-state index contributed by atoms with van der Waals surface area (Å²) in [7, 11) is 0. The fourth-order valence-electron chi connectivity index (χ4n) is 2.80. The molecule has 0 heterocycles. The number of rotatable bonds is 7. The maximum atomic E-state index is 12.5. The van der Waals surface area contributed by atoms with Gasteiger partial charge in [0, 0.05) is 18.4 Å². The number of hydrogen-bond acceptors (Lipinski definition) is 4. The Labute approximate surface area is 126 Å². The summed E-state index contributed by atoms with van der Waals surface area (Å²) in [5.74, 6) is -1.26. The molecule has 0 bridgehead atoms. The highest BCUT2D eigenvalue weighted by Crippen LogP contribution is 2.49. The van der Waals surface area contributed by atoms with Crippen molar-refractivity contribution in [1.29, 1.82) is 0 Å². The number of ether oxygens (including phenoxy) is 1. The second-order valence-electron chi connectivity index (χ2n) is 6.83. The first-order chi connectivity index (χ1) is 9.56.